The molecule has 10 heteroatoms. The van der Waals surface area contributed by atoms with E-state index in [0.29, 0.717) is 27.6 Å². The molecule has 30 heavy (non-hydrogen) atoms. The molecule has 0 radical (unpaired) electrons. The predicted molar refractivity (Wildman–Crippen MR) is 100 cm³/mol. The Morgan fingerprint density at radius 1 is 1.13 bits per heavy atom. The van der Waals surface area contributed by atoms with Crippen molar-refractivity contribution in [1.82, 2.24) is 15.0 Å². The Labute approximate surface area is 168 Å². The molecule has 3 aromatic heterocycles. The lowest BCUT2D eigenvalue weighted by atomic mass is 10.0. The number of alkyl halides is 4. The van der Waals surface area contributed by atoms with E-state index in [1.807, 2.05) is 0 Å². The highest BCUT2D eigenvalue weighted by molar-refractivity contribution is 5.96. The van der Waals surface area contributed by atoms with E-state index in [1.54, 1.807) is 19.1 Å². The number of amides is 1. The van der Waals surface area contributed by atoms with Crippen molar-refractivity contribution in [3.8, 4) is 11.3 Å². The lowest BCUT2D eigenvalue weighted by Crippen LogP contribution is -2.21. The summed E-state index contributed by atoms with van der Waals surface area (Å²) in [5, 5.41) is 13.3. The van der Waals surface area contributed by atoms with Crippen molar-refractivity contribution in [3.63, 3.8) is 0 Å². The number of hydrogen-bond acceptors (Lipinski definition) is 5. The average Bonchev–Trinajstić information content (AvgIpc) is 3.43. The third-order valence-electron chi connectivity index (χ3n) is 4.90. The molecule has 6 nitrogen and oxygen atoms in total. The van der Waals surface area contributed by atoms with Crippen LogP contribution in [-0.2, 0) is 4.79 Å². The van der Waals surface area contributed by atoms with Gasteiger partial charge in [0, 0.05) is 34.9 Å². The molecule has 3 atom stereocenters. The molecule has 0 aromatic carbocycles. The van der Waals surface area contributed by atoms with Gasteiger partial charge in [-0.15, -0.1) is 0 Å². The van der Waals surface area contributed by atoms with Crippen LogP contribution in [0.25, 0.3) is 22.0 Å². The number of hydrogen-bond donors (Lipinski definition) is 2. The van der Waals surface area contributed by atoms with Crippen LogP contribution in [0, 0.1) is 12.8 Å². The molecule has 1 fully saturated rings. The summed E-state index contributed by atoms with van der Waals surface area (Å²) in [4.78, 5) is 24.0. The van der Waals surface area contributed by atoms with Crippen molar-refractivity contribution >= 4 is 22.5 Å². The van der Waals surface area contributed by atoms with Crippen LogP contribution in [0.5, 0.6) is 0 Å². The molecular formula is C20H16F4N4O2. The number of aliphatic hydroxyl groups is 1. The molecule has 4 rings (SSSR count). The number of aryl methyl sites for hydroxylation is 1. The molecule has 3 aromatic rings. The van der Waals surface area contributed by atoms with Crippen molar-refractivity contribution in [2.24, 2.45) is 5.92 Å². The molecular weight excluding hydrogens is 404 g/mol. The minimum absolute atomic E-state index is 0.219. The van der Waals surface area contributed by atoms with Crippen LogP contribution < -0.4 is 5.32 Å². The van der Waals surface area contributed by atoms with Gasteiger partial charge in [-0.25, -0.2) is 9.37 Å². The fraction of sp³-hybridized carbons (Fsp3) is 0.300. The first-order valence-corrected chi connectivity index (χ1v) is 9.06. The number of aromatic nitrogens is 3. The van der Waals surface area contributed by atoms with Gasteiger partial charge in [-0.2, -0.15) is 13.2 Å². The Bertz CT molecular complexity index is 1140. The molecule has 3 heterocycles. The predicted octanol–water partition coefficient (Wildman–Crippen LogP) is 3.89. The SMILES string of the molecule is Cc1cc([C@H](O)C(F)(F)F)ncc1-c1cc2cnc(NC(=O)[C@@H]3C[C@@H]3F)cc2cn1. The maximum Gasteiger partial charge on any atom is 0.420 e. The number of halogens is 4. The van der Waals surface area contributed by atoms with Crippen LogP contribution in [0.15, 0.2) is 36.8 Å². The summed E-state index contributed by atoms with van der Waals surface area (Å²) in [5.74, 6) is -0.761. The third kappa shape index (κ3) is 3.95. The van der Waals surface area contributed by atoms with Gasteiger partial charge in [0.05, 0.1) is 17.3 Å². The average molecular weight is 420 g/mol. The maximum absolute atomic E-state index is 13.0. The summed E-state index contributed by atoms with van der Waals surface area (Å²) in [5.41, 5.74) is 0.961. The zero-order valence-electron chi connectivity index (χ0n) is 15.6. The van der Waals surface area contributed by atoms with E-state index in [0.717, 1.165) is 0 Å². The molecule has 0 saturated heterocycles. The zero-order chi connectivity index (χ0) is 21.6. The van der Waals surface area contributed by atoms with Gasteiger partial charge in [-0.1, -0.05) is 0 Å². The summed E-state index contributed by atoms with van der Waals surface area (Å²) < 4.78 is 51.0. The third-order valence-corrected chi connectivity index (χ3v) is 4.90. The smallest absolute Gasteiger partial charge is 0.378 e. The maximum atomic E-state index is 13.0. The lowest BCUT2D eigenvalue weighted by molar-refractivity contribution is -0.207. The second-order valence-electron chi connectivity index (χ2n) is 7.20. The van der Waals surface area contributed by atoms with Crippen LogP contribution in [0.1, 0.15) is 23.8 Å². The second kappa shape index (κ2) is 7.28. The number of rotatable bonds is 4. The van der Waals surface area contributed by atoms with Gasteiger partial charge >= 0.3 is 6.18 Å². The number of aliphatic hydroxyl groups excluding tert-OH is 1. The molecule has 0 spiro atoms. The first kappa shape index (κ1) is 20.1. The largest absolute Gasteiger partial charge is 0.420 e. The number of fused-ring (bicyclic) bond motifs is 1. The standard InChI is InChI=1S/C20H16F4N4O2/c1-9-2-16(18(29)20(22,23)24)26-8-13(9)15-3-10-7-27-17(4-11(10)6-25-15)28-19(30)12-5-14(12)21/h2-4,6-8,12,14,18,29H,5H2,1H3,(H,27,28,30)/t12-,14+,18+/m1/s1. The van der Waals surface area contributed by atoms with Crippen molar-refractivity contribution in [1.29, 1.82) is 0 Å². The van der Waals surface area contributed by atoms with Crippen molar-refractivity contribution in [2.75, 3.05) is 5.32 Å². The molecule has 1 saturated carbocycles. The summed E-state index contributed by atoms with van der Waals surface area (Å²) in [6.07, 6.45) is -4.05. The Hall–Kier alpha value is -3.14. The Kier molecular flexibility index (Phi) is 4.89. The number of carbonyl (C=O) groups excluding carboxylic acids is 1. The Morgan fingerprint density at radius 2 is 1.80 bits per heavy atom. The molecule has 1 aliphatic carbocycles. The highest BCUT2D eigenvalue weighted by Gasteiger charge is 2.43. The molecule has 156 valence electrons. The summed E-state index contributed by atoms with van der Waals surface area (Å²) in [7, 11) is 0. The number of pyridine rings is 3. The van der Waals surface area contributed by atoms with Crippen LogP contribution in [0.2, 0.25) is 0 Å². The highest BCUT2D eigenvalue weighted by Crippen LogP contribution is 2.35. The van der Waals surface area contributed by atoms with Gasteiger partial charge in [0.15, 0.2) is 6.10 Å². The minimum Gasteiger partial charge on any atom is -0.378 e. The van der Waals surface area contributed by atoms with Gasteiger partial charge in [0.25, 0.3) is 0 Å². The van der Waals surface area contributed by atoms with Crippen LogP contribution in [0.3, 0.4) is 0 Å². The Balaban J connectivity index is 1.59. The number of anilines is 1. The van der Waals surface area contributed by atoms with Gasteiger partial charge in [-0.05, 0) is 37.1 Å². The van der Waals surface area contributed by atoms with E-state index in [9.17, 15) is 27.5 Å². The van der Waals surface area contributed by atoms with E-state index in [4.69, 9.17) is 0 Å². The monoisotopic (exact) mass is 420 g/mol. The van der Waals surface area contributed by atoms with Gasteiger partial charge in [0.2, 0.25) is 5.91 Å². The molecule has 1 aliphatic rings. The number of carbonyl (C=O) groups is 1. The van der Waals surface area contributed by atoms with E-state index in [2.05, 4.69) is 20.3 Å². The van der Waals surface area contributed by atoms with Gasteiger partial charge < -0.3 is 10.4 Å². The first-order chi connectivity index (χ1) is 14.1. The van der Waals surface area contributed by atoms with Gasteiger partial charge in [0.1, 0.15) is 12.0 Å². The van der Waals surface area contributed by atoms with E-state index in [-0.39, 0.29) is 12.2 Å². The molecule has 1 amide bonds. The molecule has 2 N–H and O–H groups in total. The van der Waals surface area contributed by atoms with Crippen molar-refractivity contribution < 1.29 is 27.5 Å². The highest BCUT2D eigenvalue weighted by atomic mass is 19.4. The van der Waals surface area contributed by atoms with Crippen molar-refractivity contribution in [3.05, 3.63) is 48.0 Å². The summed E-state index contributed by atoms with van der Waals surface area (Å²) in [6.45, 7) is 1.60. The fourth-order valence-corrected chi connectivity index (χ4v) is 3.07. The number of nitrogens with one attached hydrogen (secondary N) is 1. The summed E-state index contributed by atoms with van der Waals surface area (Å²) >= 11 is 0. The molecule has 0 bridgehead atoms. The zero-order valence-corrected chi connectivity index (χ0v) is 15.6. The van der Waals surface area contributed by atoms with E-state index >= 15 is 0 Å². The normalized spacial score (nSPS) is 19.5. The van der Waals surface area contributed by atoms with Gasteiger partial charge in [-0.3, -0.25) is 14.8 Å². The summed E-state index contributed by atoms with van der Waals surface area (Å²) in [6, 6.07) is 4.47. The molecule has 0 aliphatic heterocycles. The Morgan fingerprint density at radius 3 is 2.43 bits per heavy atom. The molecule has 0 unspecified atom stereocenters. The quantitative estimate of drug-likeness (QED) is 0.626. The van der Waals surface area contributed by atoms with Crippen LogP contribution in [0.4, 0.5) is 23.4 Å². The fourth-order valence-electron chi connectivity index (χ4n) is 3.07. The number of nitrogens with zero attached hydrogens (tertiary/aromatic N) is 3. The van der Waals surface area contributed by atoms with E-state index < -0.39 is 36.0 Å². The van der Waals surface area contributed by atoms with Crippen LogP contribution in [-0.4, -0.2) is 38.3 Å². The van der Waals surface area contributed by atoms with E-state index in [1.165, 1.54) is 24.7 Å². The topological polar surface area (TPSA) is 88.0 Å². The van der Waals surface area contributed by atoms with Crippen LogP contribution >= 0.6 is 0 Å². The lowest BCUT2D eigenvalue weighted by Gasteiger charge is -2.15. The van der Waals surface area contributed by atoms with Crippen molar-refractivity contribution in [2.45, 2.75) is 31.8 Å². The second-order valence-corrected chi connectivity index (χ2v) is 7.20. The minimum atomic E-state index is -4.80. The first-order valence-electron chi connectivity index (χ1n) is 9.06.